The third-order valence-corrected chi connectivity index (χ3v) is 4.66. The van der Waals surface area contributed by atoms with E-state index in [-0.39, 0.29) is 11.9 Å². The molecule has 0 bridgehead atoms. The lowest BCUT2D eigenvalue weighted by Gasteiger charge is -2.23. The van der Waals surface area contributed by atoms with E-state index in [1.807, 2.05) is 58.0 Å². The highest BCUT2D eigenvalue weighted by Gasteiger charge is 2.33. The molecule has 1 atom stereocenters. The van der Waals surface area contributed by atoms with E-state index in [0.717, 1.165) is 36.4 Å². The highest BCUT2D eigenvalue weighted by molar-refractivity contribution is 5.94. The van der Waals surface area contributed by atoms with Crippen LogP contribution in [0.25, 0.3) is 5.65 Å². The van der Waals surface area contributed by atoms with Gasteiger partial charge in [-0.2, -0.15) is 0 Å². The number of benzene rings is 1. The lowest BCUT2D eigenvalue weighted by molar-refractivity contribution is 0.0729. The van der Waals surface area contributed by atoms with Gasteiger partial charge in [0.25, 0.3) is 5.91 Å². The first-order chi connectivity index (χ1) is 12.3. The predicted molar refractivity (Wildman–Crippen MR) is 93.2 cm³/mol. The molecule has 0 aliphatic carbocycles. The second kappa shape index (κ2) is 6.64. The van der Waals surface area contributed by atoms with Gasteiger partial charge >= 0.3 is 0 Å². The van der Waals surface area contributed by atoms with Gasteiger partial charge in [0.15, 0.2) is 11.5 Å². The Labute approximate surface area is 146 Å². The van der Waals surface area contributed by atoms with Crippen LogP contribution in [0.2, 0.25) is 0 Å². The number of methoxy groups -OCH3 is 1. The Balaban J connectivity index is 1.61. The molecule has 3 aromatic rings. The van der Waals surface area contributed by atoms with Crippen LogP contribution in [0.4, 0.5) is 0 Å². The predicted octanol–water partition coefficient (Wildman–Crippen LogP) is 2.85. The molecule has 0 radical (unpaired) electrons. The van der Waals surface area contributed by atoms with E-state index in [0.29, 0.717) is 12.2 Å². The second-order valence-corrected chi connectivity index (χ2v) is 6.27. The minimum absolute atomic E-state index is 0.0384. The van der Waals surface area contributed by atoms with Crippen molar-refractivity contribution in [1.82, 2.24) is 19.5 Å². The number of fused-ring (bicyclic) bond motifs is 1. The molecule has 2 aromatic heterocycles. The van der Waals surface area contributed by atoms with E-state index < -0.39 is 0 Å². The number of pyridine rings is 1. The number of rotatable bonds is 4. The Morgan fingerprint density at radius 2 is 2.04 bits per heavy atom. The third kappa shape index (κ3) is 2.89. The molecule has 0 N–H and O–H groups in total. The van der Waals surface area contributed by atoms with Crippen molar-refractivity contribution in [3.05, 3.63) is 65.6 Å². The zero-order chi connectivity index (χ0) is 17.2. The fourth-order valence-corrected chi connectivity index (χ4v) is 3.44. The van der Waals surface area contributed by atoms with Crippen molar-refractivity contribution in [2.75, 3.05) is 13.7 Å². The largest absolute Gasteiger partial charge is 0.380 e. The van der Waals surface area contributed by atoms with Crippen molar-refractivity contribution < 1.29 is 9.53 Å². The van der Waals surface area contributed by atoms with Crippen molar-refractivity contribution in [3.63, 3.8) is 0 Å². The molecule has 0 unspecified atom stereocenters. The molecule has 0 spiro atoms. The normalized spacial score (nSPS) is 17.3. The number of amides is 1. The summed E-state index contributed by atoms with van der Waals surface area (Å²) in [6, 6.07) is 13.4. The van der Waals surface area contributed by atoms with Gasteiger partial charge in [-0.1, -0.05) is 18.2 Å². The molecule has 1 amide bonds. The summed E-state index contributed by atoms with van der Waals surface area (Å²) < 4.78 is 7.09. The van der Waals surface area contributed by atoms with Gasteiger partial charge in [-0.25, -0.2) is 0 Å². The molecular formula is C19H20N4O2. The Morgan fingerprint density at radius 1 is 1.20 bits per heavy atom. The molecule has 1 aliphatic heterocycles. The summed E-state index contributed by atoms with van der Waals surface area (Å²) in [5.41, 5.74) is 2.56. The van der Waals surface area contributed by atoms with Crippen LogP contribution < -0.4 is 0 Å². The molecule has 4 rings (SSSR count). The van der Waals surface area contributed by atoms with Crippen molar-refractivity contribution in [3.8, 4) is 0 Å². The SMILES string of the molecule is COCc1ccc(C(=O)N2CCC[C@@H]2c2nnc3ccccn23)cc1. The number of hydrogen-bond acceptors (Lipinski definition) is 4. The second-order valence-electron chi connectivity index (χ2n) is 6.27. The Kier molecular flexibility index (Phi) is 4.19. The number of aromatic nitrogens is 3. The standard InChI is InChI=1S/C19H20N4O2/c1-25-13-14-7-9-15(10-8-14)19(24)22-12-4-5-16(22)18-21-20-17-6-2-3-11-23(17)18/h2-3,6-11,16H,4-5,12-13H2,1H3/t16-/m1/s1. The molecule has 6 nitrogen and oxygen atoms in total. The lowest BCUT2D eigenvalue weighted by Crippen LogP contribution is -2.31. The van der Waals surface area contributed by atoms with Crippen molar-refractivity contribution in [2.24, 2.45) is 0 Å². The third-order valence-electron chi connectivity index (χ3n) is 4.66. The number of likely N-dealkylation sites (tertiary alicyclic amines) is 1. The number of hydrogen-bond donors (Lipinski definition) is 0. The Bertz CT molecular complexity index is 888. The average molecular weight is 336 g/mol. The first-order valence-electron chi connectivity index (χ1n) is 8.46. The molecule has 1 aromatic carbocycles. The van der Waals surface area contributed by atoms with Crippen LogP contribution in [0.3, 0.4) is 0 Å². The minimum atomic E-state index is -0.0384. The first-order valence-corrected chi connectivity index (χ1v) is 8.46. The minimum Gasteiger partial charge on any atom is -0.380 e. The van der Waals surface area contributed by atoms with E-state index in [4.69, 9.17) is 4.74 Å². The quantitative estimate of drug-likeness (QED) is 0.735. The monoisotopic (exact) mass is 336 g/mol. The van der Waals surface area contributed by atoms with Gasteiger partial charge in [0.2, 0.25) is 0 Å². The van der Waals surface area contributed by atoms with Crippen LogP contribution in [0.1, 0.15) is 40.6 Å². The molecule has 0 saturated carbocycles. The van der Waals surface area contributed by atoms with Crippen LogP contribution in [0.5, 0.6) is 0 Å². The maximum Gasteiger partial charge on any atom is 0.254 e. The van der Waals surface area contributed by atoms with Crippen molar-refractivity contribution >= 4 is 11.6 Å². The molecule has 128 valence electrons. The van der Waals surface area contributed by atoms with E-state index in [2.05, 4.69) is 10.2 Å². The summed E-state index contributed by atoms with van der Waals surface area (Å²) in [6.07, 6.45) is 3.83. The van der Waals surface area contributed by atoms with E-state index in [9.17, 15) is 4.79 Å². The topological polar surface area (TPSA) is 59.7 Å². The summed E-state index contributed by atoms with van der Waals surface area (Å²) in [7, 11) is 1.66. The zero-order valence-electron chi connectivity index (χ0n) is 14.1. The van der Waals surface area contributed by atoms with E-state index >= 15 is 0 Å². The maximum absolute atomic E-state index is 13.0. The summed E-state index contributed by atoms with van der Waals surface area (Å²) in [6.45, 7) is 1.29. The van der Waals surface area contributed by atoms with Gasteiger partial charge in [0.05, 0.1) is 12.6 Å². The molecule has 1 aliphatic rings. The van der Waals surface area contributed by atoms with Crippen LogP contribution in [0, 0.1) is 0 Å². The fourth-order valence-electron chi connectivity index (χ4n) is 3.44. The summed E-state index contributed by atoms with van der Waals surface area (Å²) in [5.74, 6) is 0.872. The number of nitrogens with zero attached hydrogens (tertiary/aromatic N) is 4. The van der Waals surface area contributed by atoms with Gasteiger partial charge < -0.3 is 9.64 Å². The van der Waals surface area contributed by atoms with Crippen LogP contribution >= 0.6 is 0 Å². The highest BCUT2D eigenvalue weighted by atomic mass is 16.5. The summed E-state index contributed by atoms with van der Waals surface area (Å²) in [4.78, 5) is 14.9. The number of carbonyl (C=O) groups is 1. The zero-order valence-corrected chi connectivity index (χ0v) is 14.1. The van der Waals surface area contributed by atoms with Crippen LogP contribution in [-0.2, 0) is 11.3 Å². The lowest BCUT2D eigenvalue weighted by atomic mass is 10.1. The van der Waals surface area contributed by atoms with Crippen molar-refractivity contribution in [2.45, 2.75) is 25.5 Å². The number of ether oxygens (including phenoxy) is 1. The van der Waals surface area contributed by atoms with Gasteiger partial charge in [0.1, 0.15) is 0 Å². The van der Waals surface area contributed by atoms with Crippen molar-refractivity contribution in [1.29, 1.82) is 0 Å². The van der Waals surface area contributed by atoms with Crippen LogP contribution in [-0.4, -0.2) is 39.1 Å². The highest BCUT2D eigenvalue weighted by Crippen LogP contribution is 2.32. The maximum atomic E-state index is 13.0. The average Bonchev–Trinajstić information content (AvgIpc) is 3.28. The van der Waals surface area contributed by atoms with E-state index in [1.165, 1.54) is 0 Å². The van der Waals surface area contributed by atoms with Gasteiger partial charge in [0, 0.05) is 25.4 Å². The van der Waals surface area contributed by atoms with Gasteiger partial charge in [-0.3, -0.25) is 9.20 Å². The van der Waals surface area contributed by atoms with Crippen LogP contribution in [0.15, 0.2) is 48.7 Å². The van der Waals surface area contributed by atoms with Gasteiger partial charge in [-0.05, 0) is 42.7 Å². The molecule has 6 heteroatoms. The summed E-state index contributed by atoms with van der Waals surface area (Å²) in [5, 5.41) is 8.57. The van der Waals surface area contributed by atoms with E-state index in [1.54, 1.807) is 7.11 Å². The molecule has 25 heavy (non-hydrogen) atoms. The Morgan fingerprint density at radius 3 is 2.84 bits per heavy atom. The number of carbonyl (C=O) groups excluding carboxylic acids is 1. The Hall–Kier alpha value is -2.73. The summed E-state index contributed by atoms with van der Waals surface area (Å²) >= 11 is 0. The fraction of sp³-hybridized carbons (Fsp3) is 0.316. The molecule has 3 heterocycles. The first kappa shape index (κ1) is 15.8. The molecule has 1 fully saturated rings. The molecule has 1 saturated heterocycles. The smallest absolute Gasteiger partial charge is 0.254 e. The molecular weight excluding hydrogens is 316 g/mol. The van der Waals surface area contributed by atoms with Gasteiger partial charge in [-0.15, -0.1) is 10.2 Å².